The molecule has 1 N–H and O–H groups in total. The molecular weight excluding hydrogens is 272 g/mol. The van der Waals surface area contributed by atoms with Crippen molar-refractivity contribution in [2.75, 3.05) is 12.4 Å². The van der Waals surface area contributed by atoms with Crippen LogP contribution in [-0.4, -0.2) is 16.8 Å². The summed E-state index contributed by atoms with van der Waals surface area (Å²) in [5, 5.41) is 7.06. The molecule has 21 heavy (non-hydrogen) atoms. The zero-order valence-electron chi connectivity index (χ0n) is 13.2. The first-order valence-electron chi connectivity index (χ1n) is 7.17. The highest BCUT2D eigenvalue weighted by atomic mass is 19.3. The summed E-state index contributed by atoms with van der Waals surface area (Å²) < 4.78 is 28.0. The highest BCUT2D eigenvalue weighted by Gasteiger charge is 2.16. The van der Waals surface area contributed by atoms with Crippen LogP contribution in [0.25, 0.3) is 11.1 Å². The maximum Gasteiger partial charge on any atom is 0.264 e. The summed E-state index contributed by atoms with van der Waals surface area (Å²) in [7, 11) is 1.71. The molecule has 0 amide bonds. The minimum atomic E-state index is -2.51. The number of rotatable bonds is 4. The van der Waals surface area contributed by atoms with E-state index in [1.165, 1.54) is 6.07 Å². The lowest BCUT2D eigenvalue weighted by molar-refractivity contribution is 0.152. The molecule has 116 valence electrons. The first-order chi connectivity index (χ1) is 10.0. The van der Waals surface area contributed by atoms with Gasteiger partial charge in [0, 0.05) is 36.1 Å². The Morgan fingerprint density at radius 1 is 1.19 bits per heavy atom. The molecule has 3 nitrogen and oxygen atoms in total. The van der Waals surface area contributed by atoms with Crippen molar-refractivity contribution >= 4 is 5.69 Å². The summed E-state index contributed by atoms with van der Waals surface area (Å²) in [4.78, 5) is 0. The summed E-state index contributed by atoms with van der Waals surface area (Å²) in [6, 6.07) is 5.18. The monoisotopic (exact) mass is 295 g/mol. The van der Waals surface area contributed by atoms with E-state index in [4.69, 9.17) is 0 Å². The molecule has 2 rings (SSSR count). The maximum atomic E-state index is 13.1. The Kier molecular flexibility index (Phi) is 6.34. The topological polar surface area (TPSA) is 29.9 Å². The van der Waals surface area contributed by atoms with Gasteiger partial charge in [-0.15, -0.1) is 0 Å². The molecule has 0 radical (unpaired) electrons. The number of anilines is 1. The number of nitrogens with zero attached hydrogens (tertiary/aromatic N) is 2. The number of aromatic nitrogens is 2. The standard InChI is InChI=1S/C14H17F2N3.C2H6/c1-9(2)19-8-10(7-18-19)12-5-4-11(17-3)6-13(12)14(15)16;1-2/h4-9,14,17H,1-3H3;1-2H3. The molecule has 0 fully saturated rings. The third-order valence-corrected chi connectivity index (χ3v) is 3.02. The van der Waals surface area contributed by atoms with Crippen LogP contribution in [0.4, 0.5) is 14.5 Å². The smallest absolute Gasteiger partial charge is 0.264 e. The number of halogens is 2. The van der Waals surface area contributed by atoms with Crippen LogP contribution in [0, 0.1) is 0 Å². The van der Waals surface area contributed by atoms with Crippen molar-refractivity contribution < 1.29 is 8.78 Å². The van der Waals surface area contributed by atoms with E-state index in [0.29, 0.717) is 16.8 Å². The van der Waals surface area contributed by atoms with Crippen molar-refractivity contribution in [2.24, 2.45) is 0 Å². The Bertz CT molecular complexity index is 562. The van der Waals surface area contributed by atoms with E-state index in [0.717, 1.165) is 0 Å². The predicted octanol–water partition coefficient (Wildman–Crippen LogP) is 5.14. The summed E-state index contributed by atoms with van der Waals surface area (Å²) in [6.45, 7) is 7.99. The lowest BCUT2D eigenvalue weighted by Crippen LogP contribution is -1.99. The fourth-order valence-electron chi connectivity index (χ4n) is 1.92. The lowest BCUT2D eigenvalue weighted by atomic mass is 10.0. The highest BCUT2D eigenvalue weighted by molar-refractivity contribution is 5.69. The molecule has 0 atom stereocenters. The Morgan fingerprint density at radius 2 is 1.86 bits per heavy atom. The SMILES string of the molecule is CC.CNc1ccc(-c2cnn(C(C)C)c2)c(C(F)F)c1. The first kappa shape index (κ1) is 17.1. The molecule has 0 aliphatic heterocycles. The average molecular weight is 295 g/mol. The van der Waals surface area contributed by atoms with Gasteiger partial charge in [-0.2, -0.15) is 5.10 Å². The fraction of sp³-hybridized carbons (Fsp3) is 0.438. The van der Waals surface area contributed by atoms with E-state index in [1.807, 2.05) is 27.7 Å². The van der Waals surface area contributed by atoms with Crippen molar-refractivity contribution in [1.82, 2.24) is 9.78 Å². The number of benzene rings is 1. The van der Waals surface area contributed by atoms with Crippen molar-refractivity contribution in [3.8, 4) is 11.1 Å². The van der Waals surface area contributed by atoms with Crippen LogP contribution in [0.5, 0.6) is 0 Å². The molecule has 0 unspecified atom stereocenters. The first-order valence-corrected chi connectivity index (χ1v) is 7.17. The minimum Gasteiger partial charge on any atom is -0.388 e. The predicted molar refractivity (Wildman–Crippen MR) is 83.9 cm³/mol. The van der Waals surface area contributed by atoms with Crippen LogP contribution < -0.4 is 5.32 Å². The Morgan fingerprint density at radius 3 is 2.33 bits per heavy atom. The summed E-state index contributed by atoms with van der Waals surface area (Å²) >= 11 is 0. The molecular formula is C16H23F2N3. The molecule has 5 heteroatoms. The molecule has 0 saturated heterocycles. The van der Waals surface area contributed by atoms with E-state index in [-0.39, 0.29) is 11.6 Å². The molecule has 0 aliphatic carbocycles. The summed E-state index contributed by atoms with van der Waals surface area (Å²) in [5.74, 6) is 0. The summed E-state index contributed by atoms with van der Waals surface area (Å²) in [5.41, 5.74) is 1.94. The Balaban J connectivity index is 0.00000106. The van der Waals surface area contributed by atoms with E-state index >= 15 is 0 Å². The van der Waals surface area contributed by atoms with Gasteiger partial charge < -0.3 is 5.32 Å². The van der Waals surface area contributed by atoms with Crippen molar-refractivity contribution in [3.63, 3.8) is 0 Å². The molecule has 0 saturated carbocycles. The fourth-order valence-corrected chi connectivity index (χ4v) is 1.92. The van der Waals surface area contributed by atoms with Crippen LogP contribution >= 0.6 is 0 Å². The van der Waals surface area contributed by atoms with Gasteiger partial charge in [-0.1, -0.05) is 19.9 Å². The number of alkyl halides is 2. The van der Waals surface area contributed by atoms with Crippen LogP contribution in [0.15, 0.2) is 30.6 Å². The van der Waals surface area contributed by atoms with Gasteiger partial charge in [0.25, 0.3) is 6.43 Å². The largest absolute Gasteiger partial charge is 0.388 e. The molecule has 1 heterocycles. The van der Waals surface area contributed by atoms with Crippen LogP contribution in [0.3, 0.4) is 0 Å². The van der Waals surface area contributed by atoms with Gasteiger partial charge in [0.15, 0.2) is 0 Å². The molecule has 1 aromatic carbocycles. The molecule has 2 aromatic rings. The second-order valence-electron chi connectivity index (χ2n) is 4.66. The Labute approximate surface area is 125 Å². The van der Waals surface area contributed by atoms with Crippen LogP contribution in [-0.2, 0) is 0 Å². The second-order valence-corrected chi connectivity index (χ2v) is 4.66. The highest BCUT2D eigenvalue weighted by Crippen LogP contribution is 2.33. The van der Waals surface area contributed by atoms with E-state index in [9.17, 15) is 8.78 Å². The molecule has 0 aliphatic rings. The molecule has 1 aromatic heterocycles. The van der Waals surface area contributed by atoms with Crippen molar-refractivity contribution in [3.05, 3.63) is 36.2 Å². The van der Waals surface area contributed by atoms with Gasteiger partial charge in [0.2, 0.25) is 0 Å². The lowest BCUT2D eigenvalue weighted by Gasteiger charge is -2.10. The number of nitrogens with one attached hydrogen (secondary N) is 1. The van der Waals surface area contributed by atoms with Gasteiger partial charge in [-0.05, 0) is 31.5 Å². The van der Waals surface area contributed by atoms with Crippen molar-refractivity contribution in [1.29, 1.82) is 0 Å². The molecule has 0 bridgehead atoms. The van der Waals surface area contributed by atoms with Crippen molar-refractivity contribution in [2.45, 2.75) is 40.2 Å². The van der Waals surface area contributed by atoms with Crippen LogP contribution in [0.2, 0.25) is 0 Å². The van der Waals surface area contributed by atoms with E-state index < -0.39 is 6.43 Å². The molecule has 0 spiro atoms. The van der Waals surface area contributed by atoms with E-state index in [1.54, 1.807) is 36.3 Å². The maximum absolute atomic E-state index is 13.1. The average Bonchev–Trinajstić information content (AvgIpc) is 2.98. The van der Waals surface area contributed by atoms with Gasteiger partial charge in [0.05, 0.1) is 6.20 Å². The minimum absolute atomic E-state index is 0.0233. The zero-order chi connectivity index (χ0) is 16.0. The Hall–Kier alpha value is -1.91. The second kappa shape index (κ2) is 7.76. The third-order valence-electron chi connectivity index (χ3n) is 3.02. The van der Waals surface area contributed by atoms with E-state index in [2.05, 4.69) is 10.4 Å². The van der Waals surface area contributed by atoms with Gasteiger partial charge in [-0.3, -0.25) is 4.68 Å². The number of hydrogen-bond donors (Lipinski definition) is 1. The third kappa shape index (κ3) is 4.03. The van der Waals surface area contributed by atoms with Gasteiger partial charge in [0.1, 0.15) is 0 Å². The zero-order valence-corrected chi connectivity index (χ0v) is 13.2. The van der Waals surface area contributed by atoms with Crippen LogP contribution in [0.1, 0.15) is 45.7 Å². The summed E-state index contributed by atoms with van der Waals surface area (Å²) in [6.07, 6.45) is 0.913. The van der Waals surface area contributed by atoms with Gasteiger partial charge >= 0.3 is 0 Å². The number of hydrogen-bond acceptors (Lipinski definition) is 2. The quantitative estimate of drug-likeness (QED) is 0.846. The normalized spacial score (nSPS) is 10.5. The van der Waals surface area contributed by atoms with Gasteiger partial charge in [-0.25, -0.2) is 8.78 Å².